The standard InChI is InChI=1S/C25H19NO4/c1-15-11-12-21-18(14-15)23-24(29-21)26(19-9-3-2-8-17(19)25(27)30-23)20-10-4-6-16-7-5-13-28-22(16)20/h2-4,6,8-12,14H,5,7,13H2,1H3. The number of hydrogen-bond acceptors (Lipinski definition) is 5. The number of ether oxygens (including phenoxy) is 2. The van der Waals surface area contributed by atoms with E-state index in [-0.39, 0.29) is 0 Å². The number of carbonyl (C=O) groups excluding carboxylic acids is 1. The number of anilines is 3. The Labute approximate surface area is 173 Å². The lowest BCUT2D eigenvalue weighted by atomic mass is 10.0. The van der Waals surface area contributed by atoms with Gasteiger partial charge >= 0.3 is 5.97 Å². The first-order chi connectivity index (χ1) is 14.7. The van der Waals surface area contributed by atoms with Crippen LogP contribution in [0.5, 0.6) is 11.5 Å². The Morgan fingerprint density at radius 2 is 1.80 bits per heavy atom. The van der Waals surface area contributed by atoms with Crippen LogP contribution in [0.2, 0.25) is 0 Å². The minimum absolute atomic E-state index is 0.399. The summed E-state index contributed by atoms with van der Waals surface area (Å²) in [5, 5.41) is 0.780. The Bertz CT molecular complexity index is 1320. The molecule has 30 heavy (non-hydrogen) atoms. The number of hydrogen-bond donors (Lipinski definition) is 0. The van der Waals surface area contributed by atoms with Crippen LogP contribution in [0.1, 0.15) is 27.9 Å². The molecule has 3 aromatic carbocycles. The van der Waals surface area contributed by atoms with Crippen molar-refractivity contribution in [3.05, 3.63) is 77.4 Å². The van der Waals surface area contributed by atoms with Crippen molar-refractivity contribution in [2.75, 3.05) is 11.5 Å². The molecule has 2 aliphatic heterocycles. The van der Waals surface area contributed by atoms with Gasteiger partial charge in [0.15, 0.2) is 0 Å². The summed E-state index contributed by atoms with van der Waals surface area (Å²) >= 11 is 0. The van der Waals surface area contributed by atoms with Crippen LogP contribution in [0.25, 0.3) is 11.0 Å². The number of nitrogens with zero attached hydrogens (tertiary/aromatic N) is 1. The van der Waals surface area contributed by atoms with E-state index in [1.54, 1.807) is 6.07 Å². The van der Waals surface area contributed by atoms with Crippen LogP contribution in [0.15, 0.2) is 65.1 Å². The molecule has 0 atom stereocenters. The number of carbonyl (C=O) groups is 1. The molecule has 0 N–H and O–H groups in total. The first-order valence-electron chi connectivity index (χ1n) is 10.1. The van der Waals surface area contributed by atoms with Gasteiger partial charge in [0.2, 0.25) is 11.6 Å². The Hall–Kier alpha value is -3.73. The lowest BCUT2D eigenvalue weighted by Gasteiger charge is -2.27. The molecule has 5 heteroatoms. The van der Waals surface area contributed by atoms with Gasteiger partial charge in [0, 0.05) is 0 Å². The summed E-state index contributed by atoms with van der Waals surface area (Å²) in [4.78, 5) is 15.0. The van der Waals surface area contributed by atoms with E-state index in [0.717, 1.165) is 40.8 Å². The van der Waals surface area contributed by atoms with E-state index in [2.05, 4.69) is 6.07 Å². The SMILES string of the molecule is Cc1ccc2oc3c(c2c1)OC(=O)c1ccccc1N3c1cccc2c1OCCC2. The highest BCUT2D eigenvalue weighted by Crippen LogP contribution is 2.52. The maximum absolute atomic E-state index is 13.0. The summed E-state index contributed by atoms with van der Waals surface area (Å²) in [6.45, 7) is 2.67. The zero-order chi connectivity index (χ0) is 20.2. The lowest BCUT2D eigenvalue weighted by molar-refractivity contribution is 0.0740. The van der Waals surface area contributed by atoms with Crippen LogP contribution in [0.3, 0.4) is 0 Å². The topological polar surface area (TPSA) is 51.9 Å². The van der Waals surface area contributed by atoms with Crippen molar-refractivity contribution < 1.29 is 18.7 Å². The van der Waals surface area contributed by atoms with Gasteiger partial charge in [0.05, 0.1) is 28.9 Å². The van der Waals surface area contributed by atoms with Crippen molar-refractivity contribution in [2.45, 2.75) is 19.8 Å². The van der Waals surface area contributed by atoms with Crippen LogP contribution >= 0.6 is 0 Å². The van der Waals surface area contributed by atoms with Gasteiger partial charge < -0.3 is 13.9 Å². The second kappa shape index (κ2) is 6.39. The van der Waals surface area contributed by atoms with E-state index in [9.17, 15) is 4.79 Å². The van der Waals surface area contributed by atoms with Crippen molar-refractivity contribution >= 4 is 34.2 Å². The van der Waals surface area contributed by atoms with Crippen LogP contribution in [-0.2, 0) is 6.42 Å². The van der Waals surface area contributed by atoms with Crippen LogP contribution in [-0.4, -0.2) is 12.6 Å². The number of esters is 1. The first kappa shape index (κ1) is 17.2. The number of fused-ring (bicyclic) bond motifs is 5. The third-order valence-corrected chi connectivity index (χ3v) is 5.70. The Morgan fingerprint density at radius 3 is 2.73 bits per heavy atom. The monoisotopic (exact) mass is 397 g/mol. The van der Waals surface area contributed by atoms with E-state index in [0.29, 0.717) is 35.1 Å². The number of para-hydroxylation sites is 2. The van der Waals surface area contributed by atoms with Gasteiger partial charge in [-0.3, -0.25) is 4.90 Å². The molecule has 0 unspecified atom stereocenters. The number of aryl methyl sites for hydroxylation is 2. The summed E-state index contributed by atoms with van der Waals surface area (Å²) in [6.07, 6.45) is 1.95. The molecule has 6 rings (SSSR count). The van der Waals surface area contributed by atoms with Crippen molar-refractivity contribution in [3.63, 3.8) is 0 Å². The number of furan rings is 1. The lowest BCUT2D eigenvalue weighted by Crippen LogP contribution is -2.16. The molecule has 0 amide bonds. The predicted molar refractivity (Wildman–Crippen MR) is 114 cm³/mol. The molecule has 1 aromatic heterocycles. The normalized spacial score (nSPS) is 15.0. The largest absolute Gasteiger partial charge is 0.491 e. The molecule has 148 valence electrons. The van der Waals surface area contributed by atoms with Gasteiger partial charge in [-0.2, -0.15) is 0 Å². The fourth-order valence-electron chi connectivity index (χ4n) is 4.31. The fourth-order valence-corrected chi connectivity index (χ4v) is 4.31. The molecule has 0 fully saturated rings. The molecule has 0 saturated carbocycles. The average molecular weight is 397 g/mol. The van der Waals surface area contributed by atoms with Crippen molar-refractivity contribution in [1.29, 1.82) is 0 Å². The van der Waals surface area contributed by atoms with E-state index in [4.69, 9.17) is 13.9 Å². The molecule has 0 aliphatic carbocycles. The van der Waals surface area contributed by atoms with Gasteiger partial charge in [-0.15, -0.1) is 0 Å². The summed E-state index contributed by atoms with van der Waals surface area (Å²) in [7, 11) is 0. The molecule has 0 radical (unpaired) electrons. The van der Waals surface area contributed by atoms with Gasteiger partial charge in [0.25, 0.3) is 0 Å². The minimum atomic E-state index is -0.399. The number of benzene rings is 3. The zero-order valence-electron chi connectivity index (χ0n) is 16.5. The highest BCUT2D eigenvalue weighted by Gasteiger charge is 2.34. The van der Waals surface area contributed by atoms with Gasteiger partial charge in [-0.05, 0) is 55.7 Å². The third kappa shape index (κ3) is 2.45. The second-order valence-electron chi connectivity index (χ2n) is 7.70. The molecule has 0 bridgehead atoms. The zero-order valence-corrected chi connectivity index (χ0v) is 16.5. The molecule has 4 aromatic rings. The smallest absolute Gasteiger partial charge is 0.345 e. The average Bonchev–Trinajstić information content (AvgIpc) is 3.05. The van der Waals surface area contributed by atoms with Crippen LogP contribution in [0, 0.1) is 6.92 Å². The van der Waals surface area contributed by atoms with Gasteiger partial charge in [-0.1, -0.05) is 35.9 Å². The Balaban J connectivity index is 1.70. The summed E-state index contributed by atoms with van der Waals surface area (Å²) in [6, 6.07) is 19.4. The Kier molecular flexibility index (Phi) is 3.65. The van der Waals surface area contributed by atoms with E-state index in [1.165, 1.54) is 0 Å². The molecular formula is C25H19NO4. The van der Waals surface area contributed by atoms with E-state index in [1.807, 2.05) is 60.4 Å². The maximum atomic E-state index is 13.0. The molecule has 0 spiro atoms. The van der Waals surface area contributed by atoms with Gasteiger partial charge in [0.1, 0.15) is 11.3 Å². The highest BCUT2D eigenvalue weighted by molar-refractivity contribution is 6.06. The van der Waals surface area contributed by atoms with Crippen molar-refractivity contribution in [3.8, 4) is 11.5 Å². The molecule has 5 nitrogen and oxygen atoms in total. The number of rotatable bonds is 1. The second-order valence-corrected chi connectivity index (χ2v) is 7.70. The van der Waals surface area contributed by atoms with Crippen LogP contribution in [0.4, 0.5) is 17.3 Å². The quantitative estimate of drug-likeness (QED) is 0.365. The minimum Gasteiger partial charge on any atom is -0.491 e. The Morgan fingerprint density at radius 1 is 0.933 bits per heavy atom. The predicted octanol–water partition coefficient (Wildman–Crippen LogP) is 6.07. The summed E-state index contributed by atoms with van der Waals surface area (Å²) in [5.41, 5.74) is 4.93. The third-order valence-electron chi connectivity index (χ3n) is 5.70. The molecule has 3 heterocycles. The molecular weight excluding hydrogens is 378 g/mol. The van der Waals surface area contributed by atoms with Crippen LogP contribution < -0.4 is 14.4 Å². The molecule has 2 aliphatic rings. The maximum Gasteiger partial charge on any atom is 0.345 e. The fraction of sp³-hybridized carbons (Fsp3) is 0.160. The van der Waals surface area contributed by atoms with Crippen molar-refractivity contribution in [1.82, 2.24) is 0 Å². The highest BCUT2D eigenvalue weighted by atomic mass is 16.5. The van der Waals surface area contributed by atoms with E-state index >= 15 is 0 Å². The summed E-state index contributed by atoms with van der Waals surface area (Å²) in [5.74, 6) is 1.35. The molecule has 0 saturated heterocycles. The first-order valence-corrected chi connectivity index (χ1v) is 10.1. The van der Waals surface area contributed by atoms with Crippen molar-refractivity contribution in [2.24, 2.45) is 0 Å². The summed E-state index contributed by atoms with van der Waals surface area (Å²) < 4.78 is 18.2. The van der Waals surface area contributed by atoms with E-state index < -0.39 is 5.97 Å². The van der Waals surface area contributed by atoms with Gasteiger partial charge in [-0.25, -0.2) is 4.79 Å².